The zero-order valence-corrected chi connectivity index (χ0v) is 11.0. The highest BCUT2D eigenvalue weighted by molar-refractivity contribution is 5.95. The van der Waals surface area contributed by atoms with Crippen LogP contribution in [0, 0.1) is 0 Å². The number of nitrogens with two attached hydrogens (primary N) is 1. The number of hydrogen-bond acceptors (Lipinski definition) is 3. The molecule has 0 aromatic heterocycles. The average molecular weight is 276 g/mol. The highest BCUT2D eigenvalue weighted by Gasteiger charge is 2.15. The number of nitrogens with one attached hydrogen (secondary N) is 1. The summed E-state index contributed by atoms with van der Waals surface area (Å²) >= 11 is 0. The lowest BCUT2D eigenvalue weighted by molar-refractivity contribution is -0.141. The van der Waals surface area contributed by atoms with Crippen molar-refractivity contribution in [2.24, 2.45) is 5.73 Å². The fourth-order valence-electron chi connectivity index (χ4n) is 1.49. The highest BCUT2D eigenvalue weighted by Crippen LogP contribution is 2.05. The maximum atomic E-state index is 11.5. The molecular weight excluding hydrogens is 260 g/mol. The molecule has 0 heterocycles. The van der Waals surface area contributed by atoms with Crippen LogP contribution in [0.25, 0.3) is 6.08 Å². The molecule has 0 saturated carbocycles. The third kappa shape index (κ3) is 4.56. The Morgan fingerprint density at radius 3 is 2.35 bits per heavy atom. The Labute approximate surface area is 116 Å². The molecule has 4 N–H and O–H groups in total. The van der Waals surface area contributed by atoms with Crippen LogP contribution in [0.2, 0.25) is 0 Å². The smallest absolute Gasteiger partial charge is 0.326 e. The van der Waals surface area contributed by atoms with Gasteiger partial charge in [-0.3, -0.25) is 9.59 Å². The topological polar surface area (TPSA) is 109 Å². The lowest BCUT2D eigenvalue weighted by Gasteiger charge is -2.09. The van der Waals surface area contributed by atoms with Gasteiger partial charge in [-0.1, -0.05) is 19.1 Å². The molecular formula is C14H16N2O4. The molecule has 106 valence electrons. The fraction of sp³-hybridized carbons (Fsp3) is 0.214. The molecule has 0 fully saturated rings. The molecule has 0 bridgehead atoms. The molecule has 1 rings (SSSR count). The van der Waals surface area contributed by atoms with Gasteiger partial charge < -0.3 is 16.2 Å². The zero-order chi connectivity index (χ0) is 15.1. The normalized spacial score (nSPS) is 12.1. The Morgan fingerprint density at radius 1 is 1.30 bits per heavy atom. The minimum absolute atomic E-state index is 0.308. The van der Waals surface area contributed by atoms with E-state index in [1.165, 1.54) is 12.2 Å². The molecule has 1 aromatic rings. The van der Waals surface area contributed by atoms with Gasteiger partial charge in [-0.2, -0.15) is 0 Å². The molecule has 0 aliphatic rings. The molecule has 1 atom stereocenters. The summed E-state index contributed by atoms with van der Waals surface area (Å²) in [7, 11) is 0. The predicted molar refractivity (Wildman–Crippen MR) is 73.9 cm³/mol. The second-order valence-electron chi connectivity index (χ2n) is 4.13. The summed E-state index contributed by atoms with van der Waals surface area (Å²) in [5, 5.41) is 11.2. The summed E-state index contributed by atoms with van der Waals surface area (Å²) in [5.74, 6) is -2.08. The minimum atomic E-state index is -1.07. The van der Waals surface area contributed by atoms with Crippen molar-refractivity contribution in [2.75, 3.05) is 0 Å². The first-order chi connectivity index (χ1) is 9.43. The van der Waals surface area contributed by atoms with Crippen LogP contribution < -0.4 is 11.1 Å². The number of hydrogen-bond donors (Lipinski definition) is 3. The standard InChI is InChI=1S/C14H16N2O4/c1-2-11(14(19)20)16-12(17)8-5-9-3-6-10(7-4-9)13(15)18/h3-8,11H,2H2,1H3,(H2,15,18)(H,16,17)(H,19,20)/b8-5+. The molecule has 1 unspecified atom stereocenters. The SMILES string of the molecule is CCC(NC(=O)/C=C/c1ccc(C(N)=O)cc1)C(=O)O. The van der Waals surface area contributed by atoms with Gasteiger partial charge in [-0.25, -0.2) is 4.79 Å². The molecule has 0 aliphatic carbocycles. The Bertz CT molecular complexity index is 535. The lowest BCUT2D eigenvalue weighted by atomic mass is 10.1. The monoisotopic (exact) mass is 276 g/mol. The number of aliphatic carboxylic acids is 1. The van der Waals surface area contributed by atoms with E-state index in [-0.39, 0.29) is 0 Å². The van der Waals surface area contributed by atoms with Crippen molar-refractivity contribution in [3.8, 4) is 0 Å². The van der Waals surface area contributed by atoms with Gasteiger partial charge >= 0.3 is 5.97 Å². The van der Waals surface area contributed by atoms with Gasteiger partial charge in [0.05, 0.1) is 0 Å². The number of primary amides is 1. The van der Waals surface area contributed by atoms with Crippen molar-refractivity contribution in [3.05, 3.63) is 41.5 Å². The summed E-state index contributed by atoms with van der Waals surface area (Å²) in [6.07, 6.45) is 3.07. The van der Waals surface area contributed by atoms with Crippen LogP contribution in [0.1, 0.15) is 29.3 Å². The van der Waals surface area contributed by atoms with E-state index in [4.69, 9.17) is 10.8 Å². The van der Waals surface area contributed by atoms with Gasteiger partial charge in [0.25, 0.3) is 0 Å². The summed E-state index contributed by atoms with van der Waals surface area (Å²) in [6.45, 7) is 1.67. The first-order valence-electron chi connectivity index (χ1n) is 6.05. The Morgan fingerprint density at radius 2 is 1.90 bits per heavy atom. The molecule has 1 aromatic carbocycles. The van der Waals surface area contributed by atoms with Gasteiger partial charge in [0.2, 0.25) is 11.8 Å². The van der Waals surface area contributed by atoms with Crippen LogP contribution in [0.4, 0.5) is 0 Å². The summed E-state index contributed by atoms with van der Waals surface area (Å²) < 4.78 is 0. The Hall–Kier alpha value is -2.63. The van der Waals surface area contributed by atoms with Gasteiger partial charge in [-0.15, -0.1) is 0 Å². The second-order valence-corrected chi connectivity index (χ2v) is 4.13. The van der Waals surface area contributed by atoms with Crippen LogP contribution in [0.3, 0.4) is 0 Å². The number of carboxylic acid groups (broad SMARTS) is 1. The number of carbonyl (C=O) groups is 3. The maximum Gasteiger partial charge on any atom is 0.326 e. The first kappa shape index (κ1) is 15.4. The molecule has 20 heavy (non-hydrogen) atoms. The van der Waals surface area contributed by atoms with Crippen molar-refractivity contribution in [1.29, 1.82) is 0 Å². The van der Waals surface area contributed by atoms with Crippen molar-refractivity contribution in [1.82, 2.24) is 5.32 Å². The van der Waals surface area contributed by atoms with E-state index in [9.17, 15) is 14.4 Å². The van der Waals surface area contributed by atoms with E-state index in [1.54, 1.807) is 31.2 Å². The van der Waals surface area contributed by atoms with Crippen LogP contribution in [-0.2, 0) is 9.59 Å². The van der Waals surface area contributed by atoms with E-state index in [2.05, 4.69) is 5.32 Å². The zero-order valence-electron chi connectivity index (χ0n) is 11.0. The van der Waals surface area contributed by atoms with Gasteiger partial charge in [0.15, 0.2) is 0 Å². The van der Waals surface area contributed by atoms with Gasteiger partial charge in [-0.05, 0) is 30.2 Å². The molecule has 0 spiro atoms. The predicted octanol–water partition coefficient (Wildman–Crippen LogP) is 0.778. The summed E-state index contributed by atoms with van der Waals surface area (Å²) in [5.41, 5.74) is 6.19. The van der Waals surface area contributed by atoms with E-state index < -0.39 is 23.8 Å². The Balaban J connectivity index is 2.65. The first-order valence-corrected chi connectivity index (χ1v) is 6.05. The number of carboxylic acids is 1. The number of rotatable bonds is 6. The summed E-state index contributed by atoms with van der Waals surface area (Å²) in [6, 6.07) is 5.47. The Kier molecular flexibility index (Phi) is 5.46. The van der Waals surface area contributed by atoms with Crippen molar-refractivity contribution < 1.29 is 19.5 Å². The van der Waals surface area contributed by atoms with Crippen LogP contribution in [-0.4, -0.2) is 28.9 Å². The molecule has 0 aliphatic heterocycles. The molecule has 6 heteroatoms. The van der Waals surface area contributed by atoms with Gasteiger partial charge in [0, 0.05) is 11.6 Å². The third-order valence-corrected chi connectivity index (χ3v) is 2.65. The van der Waals surface area contributed by atoms with E-state index in [0.717, 1.165) is 0 Å². The molecule has 0 radical (unpaired) electrons. The van der Waals surface area contributed by atoms with E-state index in [1.807, 2.05) is 0 Å². The van der Waals surface area contributed by atoms with Gasteiger partial charge in [0.1, 0.15) is 6.04 Å². The maximum absolute atomic E-state index is 11.5. The summed E-state index contributed by atoms with van der Waals surface area (Å²) in [4.78, 5) is 33.2. The van der Waals surface area contributed by atoms with E-state index in [0.29, 0.717) is 17.5 Å². The molecule has 6 nitrogen and oxygen atoms in total. The largest absolute Gasteiger partial charge is 0.480 e. The fourth-order valence-corrected chi connectivity index (χ4v) is 1.49. The quantitative estimate of drug-likeness (QED) is 0.667. The third-order valence-electron chi connectivity index (χ3n) is 2.65. The lowest BCUT2D eigenvalue weighted by Crippen LogP contribution is -2.39. The van der Waals surface area contributed by atoms with Crippen LogP contribution >= 0.6 is 0 Å². The van der Waals surface area contributed by atoms with Crippen LogP contribution in [0.5, 0.6) is 0 Å². The van der Waals surface area contributed by atoms with Crippen molar-refractivity contribution in [3.63, 3.8) is 0 Å². The number of benzene rings is 1. The average Bonchev–Trinajstić information content (AvgIpc) is 2.42. The minimum Gasteiger partial charge on any atom is -0.480 e. The van der Waals surface area contributed by atoms with Crippen molar-refractivity contribution in [2.45, 2.75) is 19.4 Å². The number of carbonyl (C=O) groups excluding carboxylic acids is 2. The number of amides is 2. The molecule has 0 saturated heterocycles. The second kappa shape index (κ2) is 7.08. The van der Waals surface area contributed by atoms with E-state index >= 15 is 0 Å². The van der Waals surface area contributed by atoms with Crippen LogP contribution in [0.15, 0.2) is 30.3 Å². The van der Waals surface area contributed by atoms with Crippen molar-refractivity contribution >= 4 is 23.9 Å². The highest BCUT2D eigenvalue weighted by atomic mass is 16.4. The molecule has 2 amide bonds.